The molecule has 2 aromatic carbocycles. The minimum absolute atomic E-state index is 0.228. The molecule has 9 heteroatoms. The molecule has 0 fully saturated rings. The van der Waals surface area contributed by atoms with Crippen molar-refractivity contribution < 1.29 is 8.42 Å². The third-order valence-corrected chi connectivity index (χ3v) is 6.43. The molecule has 0 saturated heterocycles. The topological polar surface area (TPSA) is 74.7 Å². The van der Waals surface area contributed by atoms with E-state index in [2.05, 4.69) is 15.5 Å². The number of benzene rings is 2. The van der Waals surface area contributed by atoms with Crippen LogP contribution >= 0.6 is 22.9 Å². The van der Waals surface area contributed by atoms with Crippen LogP contribution in [0.15, 0.2) is 63.9 Å². The molecule has 3 aromatic rings. The van der Waals surface area contributed by atoms with Gasteiger partial charge < -0.3 is 0 Å². The zero-order valence-corrected chi connectivity index (χ0v) is 17.0. The lowest BCUT2D eigenvalue weighted by Gasteiger charge is -2.11. The van der Waals surface area contributed by atoms with E-state index in [1.165, 1.54) is 29.7 Å². The van der Waals surface area contributed by atoms with Crippen LogP contribution in [0.25, 0.3) is 11.3 Å². The summed E-state index contributed by atoms with van der Waals surface area (Å²) in [4.78, 5) is 4.68. The van der Waals surface area contributed by atoms with Crippen molar-refractivity contribution in [1.82, 2.24) is 9.29 Å². The smallest absolute Gasteiger partial charge is 0.242 e. The van der Waals surface area contributed by atoms with Gasteiger partial charge in [0.25, 0.3) is 0 Å². The van der Waals surface area contributed by atoms with Crippen LogP contribution in [-0.2, 0) is 10.0 Å². The van der Waals surface area contributed by atoms with Crippen LogP contribution in [0.3, 0.4) is 0 Å². The van der Waals surface area contributed by atoms with Crippen LogP contribution in [0.1, 0.15) is 5.56 Å². The van der Waals surface area contributed by atoms with E-state index < -0.39 is 10.0 Å². The maximum absolute atomic E-state index is 12.3. The van der Waals surface area contributed by atoms with Crippen molar-refractivity contribution in [2.24, 2.45) is 5.10 Å². The molecule has 6 nitrogen and oxygen atoms in total. The summed E-state index contributed by atoms with van der Waals surface area (Å²) < 4.78 is 25.8. The van der Waals surface area contributed by atoms with Gasteiger partial charge in [0, 0.05) is 30.1 Å². The fraction of sp³-hybridized carbons (Fsp3) is 0.111. The maximum Gasteiger partial charge on any atom is 0.242 e. The minimum Gasteiger partial charge on any atom is -0.253 e. The number of thiazole rings is 1. The molecule has 0 aliphatic carbocycles. The van der Waals surface area contributed by atoms with Gasteiger partial charge in [0.15, 0.2) is 0 Å². The summed E-state index contributed by atoms with van der Waals surface area (Å²) in [5, 5.41) is 7.24. The number of hydrazone groups is 1. The van der Waals surface area contributed by atoms with Gasteiger partial charge in [0.2, 0.25) is 15.2 Å². The van der Waals surface area contributed by atoms with Gasteiger partial charge in [-0.25, -0.2) is 17.7 Å². The first-order valence-electron chi connectivity index (χ1n) is 7.89. The van der Waals surface area contributed by atoms with E-state index in [4.69, 9.17) is 11.6 Å². The van der Waals surface area contributed by atoms with E-state index in [1.54, 1.807) is 36.5 Å². The Hall–Kier alpha value is -2.26. The molecule has 3 rings (SSSR count). The molecule has 140 valence electrons. The third kappa shape index (κ3) is 4.72. The van der Waals surface area contributed by atoms with Crippen molar-refractivity contribution in [3.63, 3.8) is 0 Å². The molecule has 0 aliphatic heterocycles. The SMILES string of the molecule is CN(C)S(=O)(=O)c1cccc(-c2csc(NN=Cc3cccc(Cl)c3)n2)c1. The second kappa shape index (κ2) is 8.18. The molecule has 0 saturated carbocycles. The highest BCUT2D eigenvalue weighted by atomic mass is 35.5. The molecule has 0 radical (unpaired) electrons. The molecule has 0 atom stereocenters. The molecular formula is C18H17ClN4O2S2. The van der Waals surface area contributed by atoms with E-state index in [9.17, 15) is 8.42 Å². The van der Waals surface area contributed by atoms with Gasteiger partial charge in [-0.05, 0) is 29.8 Å². The van der Waals surface area contributed by atoms with Crippen LogP contribution in [0.5, 0.6) is 0 Å². The third-order valence-electron chi connectivity index (χ3n) is 3.64. The summed E-state index contributed by atoms with van der Waals surface area (Å²) in [5.41, 5.74) is 5.14. The summed E-state index contributed by atoms with van der Waals surface area (Å²) >= 11 is 7.32. The first-order valence-corrected chi connectivity index (χ1v) is 10.6. The van der Waals surface area contributed by atoms with Crippen molar-refractivity contribution in [2.45, 2.75) is 4.90 Å². The Kier molecular flexibility index (Phi) is 5.91. The Morgan fingerprint density at radius 2 is 1.96 bits per heavy atom. The average molecular weight is 421 g/mol. The average Bonchev–Trinajstić information content (AvgIpc) is 3.11. The zero-order chi connectivity index (χ0) is 19.4. The normalized spacial score (nSPS) is 12.0. The van der Waals surface area contributed by atoms with E-state index in [0.717, 1.165) is 11.1 Å². The second-order valence-electron chi connectivity index (χ2n) is 5.78. The minimum atomic E-state index is -3.49. The van der Waals surface area contributed by atoms with E-state index >= 15 is 0 Å². The van der Waals surface area contributed by atoms with Gasteiger partial charge in [-0.3, -0.25) is 5.43 Å². The summed E-state index contributed by atoms with van der Waals surface area (Å²) in [5.74, 6) is 0. The summed E-state index contributed by atoms with van der Waals surface area (Å²) in [7, 11) is -0.480. The van der Waals surface area contributed by atoms with E-state index in [1.807, 2.05) is 23.6 Å². The number of sulfonamides is 1. The Labute approximate surface area is 167 Å². The Morgan fingerprint density at radius 3 is 2.70 bits per heavy atom. The molecule has 0 aliphatic rings. The number of aromatic nitrogens is 1. The number of anilines is 1. The van der Waals surface area contributed by atoms with Crippen LogP contribution in [0, 0.1) is 0 Å². The lowest BCUT2D eigenvalue weighted by atomic mass is 10.2. The molecule has 1 aromatic heterocycles. The quantitative estimate of drug-likeness (QED) is 0.480. The number of nitrogens with one attached hydrogen (secondary N) is 1. The predicted octanol–water partition coefficient (Wildman–Crippen LogP) is 4.16. The van der Waals surface area contributed by atoms with Gasteiger partial charge in [-0.2, -0.15) is 5.10 Å². The van der Waals surface area contributed by atoms with Crippen LogP contribution < -0.4 is 5.43 Å². The summed E-state index contributed by atoms with van der Waals surface area (Å²) in [6.45, 7) is 0. The second-order valence-corrected chi connectivity index (χ2v) is 9.22. The molecule has 0 amide bonds. The number of rotatable bonds is 6. The van der Waals surface area contributed by atoms with Crippen molar-refractivity contribution in [1.29, 1.82) is 0 Å². The first kappa shape index (κ1) is 19.5. The molecule has 0 unspecified atom stereocenters. The largest absolute Gasteiger partial charge is 0.253 e. The van der Waals surface area contributed by atoms with Gasteiger partial charge in [-0.15, -0.1) is 11.3 Å². The molecule has 27 heavy (non-hydrogen) atoms. The number of nitrogens with zero attached hydrogens (tertiary/aromatic N) is 3. The van der Waals surface area contributed by atoms with Gasteiger partial charge >= 0.3 is 0 Å². The predicted molar refractivity (Wildman–Crippen MR) is 111 cm³/mol. The standard InChI is InChI=1S/C18H17ClN4O2S2/c1-23(2)27(24,25)16-8-4-6-14(10-16)17-12-26-18(21-17)22-20-11-13-5-3-7-15(19)9-13/h3-12H,1-2H3,(H,21,22). The van der Waals surface area contributed by atoms with Crippen LogP contribution in [-0.4, -0.2) is 38.0 Å². The van der Waals surface area contributed by atoms with Crippen molar-refractivity contribution in [3.8, 4) is 11.3 Å². The Bertz CT molecular complexity index is 1080. The molecular weight excluding hydrogens is 404 g/mol. The Balaban J connectivity index is 1.76. The monoisotopic (exact) mass is 420 g/mol. The zero-order valence-electron chi connectivity index (χ0n) is 14.6. The first-order chi connectivity index (χ1) is 12.9. The van der Waals surface area contributed by atoms with E-state index in [-0.39, 0.29) is 4.90 Å². The molecule has 0 bridgehead atoms. The maximum atomic E-state index is 12.3. The van der Waals surface area contributed by atoms with Crippen molar-refractivity contribution in [2.75, 3.05) is 19.5 Å². The number of hydrogen-bond acceptors (Lipinski definition) is 6. The van der Waals surface area contributed by atoms with Gasteiger partial charge in [-0.1, -0.05) is 35.9 Å². The molecule has 1 N–H and O–H groups in total. The molecule has 1 heterocycles. The highest BCUT2D eigenvalue weighted by Gasteiger charge is 2.18. The fourth-order valence-electron chi connectivity index (χ4n) is 2.23. The Morgan fingerprint density at radius 1 is 1.19 bits per heavy atom. The highest BCUT2D eigenvalue weighted by Crippen LogP contribution is 2.27. The lowest BCUT2D eigenvalue weighted by Crippen LogP contribution is -2.22. The number of halogens is 1. The van der Waals surface area contributed by atoms with Crippen LogP contribution in [0.2, 0.25) is 5.02 Å². The van der Waals surface area contributed by atoms with Crippen molar-refractivity contribution >= 4 is 44.3 Å². The van der Waals surface area contributed by atoms with Gasteiger partial charge in [0.1, 0.15) is 0 Å². The number of hydrogen-bond donors (Lipinski definition) is 1. The highest BCUT2D eigenvalue weighted by molar-refractivity contribution is 7.89. The van der Waals surface area contributed by atoms with Crippen molar-refractivity contribution in [3.05, 3.63) is 64.5 Å². The van der Waals surface area contributed by atoms with Crippen LogP contribution in [0.4, 0.5) is 5.13 Å². The van der Waals surface area contributed by atoms with Gasteiger partial charge in [0.05, 0.1) is 16.8 Å². The summed E-state index contributed by atoms with van der Waals surface area (Å²) in [6, 6.07) is 14.0. The molecule has 0 spiro atoms. The fourth-order valence-corrected chi connectivity index (χ4v) is 4.05. The lowest BCUT2D eigenvalue weighted by molar-refractivity contribution is 0.521. The summed E-state index contributed by atoms with van der Waals surface area (Å²) in [6.07, 6.45) is 1.65. The van der Waals surface area contributed by atoms with E-state index in [0.29, 0.717) is 15.8 Å².